The van der Waals surface area contributed by atoms with Gasteiger partial charge in [-0.2, -0.15) is 0 Å². The molecule has 0 aromatic rings. The number of alkyl halides is 2. The second kappa shape index (κ2) is 4.09. The van der Waals surface area contributed by atoms with E-state index in [1.54, 1.807) is 6.08 Å². The summed E-state index contributed by atoms with van der Waals surface area (Å²) in [5, 5.41) is 0. The third-order valence-corrected chi connectivity index (χ3v) is 2.58. The third-order valence-electron chi connectivity index (χ3n) is 2.58. The fourth-order valence-electron chi connectivity index (χ4n) is 1.77. The van der Waals surface area contributed by atoms with Gasteiger partial charge in [0.15, 0.2) is 0 Å². The highest BCUT2D eigenvalue weighted by molar-refractivity contribution is 5.90. The summed E-state index contributed by atoms with van der Waals surface area (Å²) >= 11 is 0. The van der Waals surface area contributed by atoms with Crippen LogP contribution in [-0.2, 0) is 0 Å². The standard InChI is InChI=1S/C12H13F2N/c1-8-5-6-10-9(7-8)3-2-4-11(15-10)12(13)14/h2-3,6-8,12H,4-5H2,1H3. The highest BCUT2D eigenvalue weighted by Gasteiger charge is 2.18. The Hall–Kier alpha value is -1.25. The van der Waals surface area contributed by atoms with Crippen LogP contribution in [-0.4, -0.2) is 12.1 Å². The van der Waals surface area contributed by atoms with Gasteiger partial charge in [-0.3, -0.25) is 4.99 Å². The highest BCUT2D eigenvalue weighted by Crippen LogP contribution is 2.27. The van der Waals surface area contributed by atoms with Crippen molar-refractivity contribution in [3.63, 3.8) is 0 Å². The lowest BCUT2D eigenvalue weighted by Crippen LogP contribution is -2.09. The summed E-state index contributed by atoms with van der Waals surface area (Å²) in [5.74, 6) is 0.469. The van der Waals surface area contributed by atoms with E-state index in [-0.39, 0.29) is 12.1 Å². The van der Waals surface area contributed by atoms with Crippen LogP contribution in [0.3, 0.4) is 0 Å². The summed E-state index contributed by atoms with van der Waals surface area (Å²) in [5.41, 5.74) is 1.65. The first-order valence-corrected chi connectivity index (χ1v) is 5.11. The van der Waals surface area contributed by atoms with Crippen LogP contribution >= 0.6 is 0 Å². The number of hydrogen-bond donors (Lipinski definition) is 0. The molecule has 3 heteroatoms. The molecule has 0 bridgehead atoms. The molecule has 1 atom stereocenters. The molecule has 2 aliphatic rings. The maximum Gasteiger partial charge on any atom is 0.276 e. The molecule has 15 heavy (non-hydrogen) atoms. The van der Waals surface area contributed by atoms with Crippen LogP contribution in [0.5, 0.6) is 0 Å². The molecule has 0 radical (unpaired) electrons. The summed E-state index contributed by atoms with van der Waals surface area (Å²) in [7, 11) is 0. The van der Waals surface area contributed by atoms with E-state index in [1.165, 1.54) is 0 Å². The van der Waals surface area contributed by atoms with Crippen molar-refractivity contribution in [1.82, 2.24) is 0 Å². The van der Waals surface area contributed by atoms with Crippen molar-refractivity contribution >= 4 is 5.71 Å². The fourth-order valence-corrected chi connectivity index (χ4v) is 1.77. The molecular formula is C12H13F2N. The van der Waals surface area contributed by atoms with Crippen molar-refractivity contribution in [2.75, 3.05) is 0 Å². The molecule has 0 saturated heterocycles. The SMILES string of the molecule is CC1C=C2C=CCC(C(F)F)=NC2=CC1. The lowest BCUT2D eigenvalue weighted by atomic mass is 9.95. The van der Waals surface area contributed by atoms with Crippen molar-refractivity contribution in [1.29, 1.82) is 0 Å². The predicted molar refractivity (Wildman–Crippen MR) is 57.1 cm³/mol. The van der Waals surface area contributed by atoms with E-state index in [4.69, 9.17) is 0 Å². The number of nitrogens with zero attached hydrogens (tertiary/aromatic N) is 1. The van der Waals surface area contributed by atoms with Crippen LogP contribution in [0.2, 0.25) is 0 Å². The van der Waals surface area contributed by atoms with Crippen LogP contribution in [0.25, 0.3) is 0 Å². The second-order valence-corrected chi connectivity index (χ2v) is 3.93. The van der Waals surface area contributed by atoms with E-state index in [9.17, 15) is 8.78 Å². The zero-order chi connectivity index (χ0) is 10.8. The molecule has 0 aromatic carbocycles. The van der Waals surface area contributed by atoms with E-state index in [2.05, 4.69) is 18.0 Å². The Balaban J connectivity index is 2.34. The van der Waals surface area contributed by atoms with Crippen LogP contribution in [0.4, 0.5) is 8.78 Å². The Morgan fingerprint density at radius 1 is 1.47 bits per heavy atom. The molecule has 1 nitrogen and oxygen atoms in total. The largest absolute Gasteiger partial charge is 0.276 e. The Morgan fingerprint density at radius 3 is 3.00 bits per heavy atom. The predicted octanol–water partition coefficient (Wildman–Crippen LogP) is 3.50. The van der Waals surface area contributed by atoms with Crippen LogP contribution in [0.1, 0.15) is 19.8 Å². The fraction of sp³-hybridized carbons (Fsp3) is 0.417. The van der Waals surface area contributed by atoms with E-state index in [0.29, 0.717) is 11.6 Å². The molecular weight excluding hydrogens is 196 g/mol. The number of fused-ring (bicyclic) bond motifs is 1. The summed E-state index contributed by atoms with van der Waals surface area (Å²) in [4.78, 5) is 4.03. The quantitative estimate of drug-likeness (QED) is 0.626. The number of allylic oxidation sites excluding steroid dienone is 4. The molecule has 1 unspecified atom stereocenters. The van der Waals surface area contributed by atoms with Crippen LogP contribution in [0.15, 0.2) is 40.6 Å². The second-order valence-electron chi connectivity index (χ2n) is 3.93. The number of aliphatic imine (C=N–C) groups is 1. The van der Waals surface area contributed by atoms with Gasteiger partial charge in [0.25, 0.3) is 6.43 Å². The molecule has 0 N–H and O–H groups in total. The molecule has 0 fully saturated rings. The molecule has 1 aliphatic carbocycles. The van der Waals surface area contributed by atoms with Crippen molar-refractivity contribution < 1.29 is 8.78 Å². The van der Waals surface area contributed by atoms with Crippen molar-refractivity contribution in [3.8, 4) is 0 Å². The van der Waals surface area contributed by atoms with Crippen molar-refractivity contribution in [2.45, 2.75) is 26.2 Å². The van der Waals surface area contributed by atoms with Crippen molar-refractivity contribution in [3.05, 3.63) is 35.6 Å². The molecule has 80 valence electrons. The minimum absolute atomic E-state index is 0.0320. The third kappa shape index (κ3) is 2.22. The van der Waals surface area contributed by atoms with Gasteiger partial charge in [0, 0.05) is 6.42 Å². The van der Waals surface area contributed by atoms with Gasteiger partial charge in [0.2, 0.25) is 0 Å². The van der Waals surface area contributed by atoms with Gasteiger partial charge >= 0.3 is 0 Å². The lowest BCUT2D eigenvalue weighted by molar-refractivity contribution is 0.223. The molecule has 0 amide bonds. The number of hydrogen-bond acceptors (Lipinski definition) is 1. The maximum atomic E-state index is 12.5. The Kier molecular flexibility index (Phi) is 2.80. The van der Waals surface area contributed by atoms with E-state index in [0.717, 1.165) is 12.0 Å². The average Bonchev–Trinajstić information content (AvgIpc) is 2.39. The smallest absolute Gasteiger partial charge is 0.251 e. The molecule has 0 saturated carbocycles. The Morgan fingerprint density at radius 2 is 2.27 bits per heavy atom. The lowest BCUT2D eigenvalue weighted by Gasteiger charge is -2.13. The van der Waals surface area contributed by atoms with Gasteiger partial charge in [0.05, 0.1) is 11.4 Å². The molecule has 2 rings (SSSR count). The monoisotopic (exact) mass is 209 g/mol. The molecule has 0 spiro atoms. The average molecular weight is 209 g/mol. The number of halogens is 2. The van der Waals surface area contributed by atoms with Gasteiger partial charge < -0.3 is 0 Å². The molecule has 1 aliphatic heterocycles. The molecule has 0 aromatic heterocycles. The van der Waals surface area contributed by atoms with E-state index >= 15 is 0 Å². The van der Waals surface area contributed by atoms with Gasteiger partial charge in [-0.05, 0) is 17.9 Å². The zero-order valence-electron chi connectivity index (χ0n) is 8.58. The van der Waals surface area contributed by atoms with Crippen LogP contribution in [0, 0.1) is 5.92 Å². The first-order chi connectivity index (χ1) is 7.16. The highest BCUT2D eigenvalue weighted by atomic mass is 19.3. The van der Waals surface area contributed by atoms with Gasteiger partial charge in [-0.1, -0.05) is 31.2 Å². The van der Waals surface area contributed by atoms with Gasteiger partial charge in [-0.15, -0.1) is 0 Å². The van der Waals surface area contributed by atoms with E-state index < -0.39 is 6.43 Å². The summed E-state index contributed by atoms with van der Waals surface area (Å²) in [6.45, 7) is 2.11. The van der Waals surface area contributed by atoms with Crippen molar-refractivity contribution in [2.24, 2.45) is 10.9 Å². The normalized spacial score (nSPS) is 25.3. The van der Waals surface area contributed by atoms with E-state index in [1.807, 2.05) is 12.2 Å². The minimum atomic E-state index is -2.45. The summed E-state index contributed by atoms with van der Waals surface area (Å²) < 4.78 is 25.1. The van der Waals surface area contributed by atoms with Crippen LogP contribution < -0.4 is 0 Å². The first kappa shape index (κ1) is 10.3. The summed E-state index contributed by atoms with van der Waals surface area (Å²) in [6.07, 6.45) is 6.36. The minimum Gasteiger partial charge on any atom is -0.251 e. The Bertz CT molecular complexity index is 375. The van der Waals surface area contributed by atoms with Gasteiger partial charge in [-0.25, -0.2) is 8.78 Å². The molecule has 1 heterocycles. The number of rotatable bonds is 1. The first-order valence-electron chi connectivity index (χ1n) is 5.11. The van der Waals surface area contributed by atoms with Gasteiger partial charge in [0.1, 0.15) is 0 Å². The Labute approximate surface area is 87.9 Å². The summed E-state index contributed by atoms with van der Waals surface area (Å²) in [6, 6.07) is 0. The maximum absolute atomic E-state index is 12.5. The topological polar surface area (TPSA) is 12.4 Å². The zero-order valence-corrected chi connectivity index (χ0v) is 8.58.